The number of aliphatic hydroxyl groups excluding tert-OH is 1. The lowest BCUT2D eigenvalue weighted by Crippen LogP contribution is -2.42. The first-order chi connectivity index (χ1) is 6.02. The summed E-state index contributed by atoms with van der Waals surface area (Å²) in [5.74, 6) is -3.74. The quantitative estimate of drug-likeness (QED) is 0.528. The average molecular weight is 196 g/mol. The molecule has 0 heterocycles. The molecule has 0 aromatic rings. The zero-order valence-corrected chi connectivity index (χ0v) is 7.44. The van der Waals surface area contributed by atoms with Gasteiger partial charge in [0, 0.05) is 0 Å². The predicted octanol–water partition coefficient (Wildman–Crippen LogP) is -0.660. The minimum absolute atomic E-state index is 0.0119. The van der Waals surface area contributed by atoms with Crippen LogP contribution in [0.4, 0.5) is 8.78 Å². The van der Waals surface area contributed by atoms with Gasteiger partial charge in [0.05, 0.1) is 13.1 Å². The Morgan fingerprint density at radius 2 is 2.15 bits per heavy atom. The molecule has 3 N–H and O–H groups in total. The fourth-order valence-corrected chi connectivity index (χ4v) is 0.585. The Bertz CT molecular complexity index is 165. The van der Waals surface area contributed by atoms with E-state index < -0.39 is 25.0 Å². The number of amides is 1. The van der Waals surface area contributed by atoms with Crippen LogP contribution in [0, 0.1) is 0 Å². The van der Waals surface area contributed by atoms with Crippen LogP contribution in [0.15, 0.2) is 0 Å². The largest absolute Gasteiger partial charge is 0.390 e. The molecular formula is C7H14F2N2O2. The van der Waals surface area contributed by atoms with Crippen LogP contribution in [-0.4, -0.2) is 43.2 Å². The molecule has 0 saturated heterocycles. The van der Waals surface area contributed by atoms with Gasteiger partial charge < -0.3 is 15.7 Å². The van der Waals surface area contributed by atoms with Crippen molar-refractivity contribution in [2.45, 2.75) is 12.8 Å². The van der Waals surface area contributed by atoms with E-state index >= 15 is 0 Å². The van der Waals surface area contributed by atoms with Crippen molar-refractivity contribution < 1.29 is 18.7 Å². The van der Waals surface area contributed by atoms with Gasteiger partial charge in [0.15, 0.2) is 0 Å². The van der Waals surface area contributed by atoms with Gasteiger partial charge in [-0.3, -0.25) is 4.79 Å². The fourth-order valence-electron chi connectivity index (χ4n) is 0.585. The fraction of sp³-hybridized carbons (Fsp3) is 0.857. The van der Waals surface area contributed by atoms with Crippen molar-refractivity contribution in [3.05, 3.63) is 0 Å². The summed E-state index contributed by atoms with van der Waals surface area (Å²) in [6.45, 7) is 0.333. The van der Waals surface area contributed by atoms with E-state index in [0.717, 1.165) is 0 Å². The number of alkyl halides is 2. The van der Waals surface area contributed by atoms with Crippen LogP contribution in [0.1, 0.15) is 6.92 Å². The Morgan fingerprint density at radius 1 is 1.54 bits per heavy atom. The van der Waals surface area contributed by atoms with Gasteiger partial charge in [-0.2, -0.15) is 0 Å². The smallest absolute Gasteiger partial charge is 0.287 e. The minimum Gasteiger partial charge on any atom is -0.390 e. The second-order valence-electron chi connectivity index (χ2n) is 2.57. The number of carbonyl (C=O) groups excluding carboxylic acids is 1. The summed E-state index contributed by atoms with van der Waals surface area (Å²) < 4.78 is 24.7. The van der Waals surface area contributed by atoms with E-state index in [-0.39, 0.29) is 6.54 Å². The van der Waals surface area contributed by atoms with Gasteiger partial charge in [-0.05, 0) is 6.54 Å². The maximum Gasteiger partial charge on any atom is 0.287 e. The first-order valence-corrected chi connectivity index (χ1v) is 3.98. The van der Waals surface area contributed by atoms with E-state index in [0.29, 0.717) is 6.54 Å². The average Bonchev–Trinajstić information content (AvgIpc) is 2.11. The van der Waals surface area contributed by atoms with Crippen molar-refractivity contribution in [3.8, 4) is 0 Å². The number of hydrogen-bond acceptors (Lipinski definition) is 3. The van der Waals surface area contributed by atoms with E-state index in [4.69, 9.17) is 5.11 Å². The summed E-state index contributed by atoms with van der Waals surface area (Å²) in [5, 5.41) is 12.8. The molecule has 0 bridgehead atoms. The molecule has 1 amide bonds. The molecule has 13 heavy (non-hydrogen) atoms. The SMILES string of the molecule is CCNCC(=O)NCC(F)(F)CO. The zero-order valence-electron chi connectivity index (χ0n) is 7.44. The summed E-state index contributed by atoms with van der Waals surface area (Å²) >= 11 is 0. The molecule has 0 rings (SSSR count). The highest BCUT2D eigenvalue weighted by Crippen LogP contribution is 2.09. The Hall–Kier alpha value is -0.750. The second kappa shape index (κ2) is 5.82. The van der Waals surface area contributed by atoms with Crippen LogP contribution in [0.25, 0.3) is 0 Å². The topological polar surface area (TPSA) is 61.4 Å². The van der Waals surface area contributed by atoms with Gasteiger partial charge in [0.1, 0.15) is 6.61 Å². The van der Waals surface area contributed by atoms with E-state index in [1.54, 1.807) is 6.92 Å². The molecule has 0 aromatic carbocycles. The maximum absolute atomic E-state index is 12.4. The van der Waals surface area contributed by atoms with Gasteiger partial charge in [-0.1, -0.05) is 6.92 Å². The molecule has 0 radical (unpaired) electrons. The molecule has 0 unspecified atom stereocenters. The van der Waals surface area contributed by atoms with Gasteiger partial charge >= 0.3 is 0 Å². The first kappa shape index (κ1) is 12.2. The van der Waals surface area contributed by atoms with Crippen molar-refractivity contribution in [2.75, 3.05) is 26.2 Å². The Kier molecular flexibility index (Phi) is 5.48. The molecule has 78 valence electrons. The molecule has 0 fully saturated rings. The van der Waals surface area contributed by atoms with E-state index in [9.17, 15) is 13.6 Å². The first-order valence-electron chi connectivity index (χ1n) is 3.98. The number of aliphatic hydroxyl groups is 1. The normalized spacial score (nSPS) is 11.4. The van der Waals surface area contributed by atoms with E-state index in [2.05, 4.69) is 5.32 Å². The summed E-state index contributed by atoms with van der Waals surface area (Å²) in [6.07, 6.45) is 0. The number of likely N-dealkylation sites (N-methyl/N-ethyl adjacent to an activating group) is 1. The van der Waals surface area contributed by atoms with Crippen LogP contribution in [0.3, 0.4) is 0 Å². The number of rotatable bonds is 6. The zero-order chi connectivity index (χ0) is 10.3. The molecule has 0 aromatic heterocycles. The number of halogens is 2. The Labute approximate surface area is 75.3 Å². The highest BCUT2D eigenvalue weighted by atomic mass is 19.3. The molecular weight excluding hydrogens is 182 g/mol. The van der Waals surface area contributed by atoms with Crippen LogP contribution in [0.2, 0.25) is 0 Å². The molecule has 4 nitrogen and oxygen atoms in total. The molecule has 0 atom stereocenters. The lowest BCUT2D eigenvalue weighted by atomic mass is 10.3. The highest BCUT2D eigenvalue weighted by Gasteiger charge is 2.27. The Balaban J connectivity index is 3.57. The van der Waals surface area contributed by atoms with E-state index in [1.165, 1.54) is 0 Å². The lowest BCUT2D eigenvalue weighted by Gasteiger charge is -2.13. The van der Waals surface area contributed by atoms with Gasteiger partial charge in [0.25, 0.3) is 5.92 Å². The summed E-state index contributed by atoms with van der Waals surface area (Å²) in [7, 11) is 0. The van der Waals surface area contributed by atoms with Gasteiger partial charge in [0.2, 0.25) is 5.91 Å². The summed E-state index contributed by atoms with van der Waals surface area (Å²) in [6, 6.07) is 0. The maximum atomic E-state index is 12.4. The van der Waals surface area contributed by atoms with Crippen molar-refractivity contribution >= 4 is 5.91 Å². The third kappa shape index (κ3) is 6.41. The lowest BCUT2D eigenvalue weighted by molar-refractivity contribution is -0.123. The molecule has 0 aliphatic heterocycles. The third-order valence-electron chi connectivity index (χ3n) is 1.31. The minimum atomic E-state index is -3.23. The van der Waals surface area contributed by atoms with Crippen molar-refractivity contribution in [3.63, 3.8) is 0 Å². The van der Waals surface area contributed by atoms with Crippen molar-refractivity contribution in [1.82, 2.24) is 10.6 Å². The number of nitrogens with one attached hydrogen (secondary N) is 2. The second-order valence-corrected chi connectivity index (χ2v) is 2.57. The Morgan fingerprint density at radius 3 is 2.62 bits per heavy atom. The third-order valence-corrected chi connectivity index (χ3v) is 1.31. The van der Waals surface area contributed by atoms with Crippen LogP contribution in [0.5, 0.6) is 0 Å². The van der Waals surface area contributed by atoms with Gasteiger partial charge in [-0.15, -0.1) is 0 Å². The van der Waals surface area contributed by atoms with E-state index in [1.807, 2.05) is 5.32 Å². The monoisotopic (exact) mass is 196 g/mol. The number of hydrogen-bond donors (Lipinski definition) is 3. The standard InChI is InChI=1S/C7H14F2N2O2/c1-2-10-3-6(13)11-4-7(8,9)5-12/h10,12H,2-5H2,1H3,(H,11,13). The van der Waals surface area contributed by atoms with Crippen LogP contribution < -0.4 is 10.6 Å². The van der Waals surface area contributed by atoms with Crippen molar-refractivity contribution in [1.29, 1.82) is 0 Å². The number of carbonyl (C=O) groups is 1. The molecule has 0 aliphatic carbocycles. The molecule has 6 heteroatoms. The highest BCUT2D eigenvalue weighted by molar-refractivity contribution is 5.78. The summed E-state index contributed by atoms with van der Waals surface area (Å²) in [4.78, 5) is 10.8. The summed E-state index contributed by atoms with van der Waals surface area (Å²) in [5.41, 5.74) is 0. The molecule has 0 saturated carbocycles. The van der Waals surface area contributed by atoms with Crippen LogP contribution >= 0.6 is 0 Å². The van der Waals surface area contributed by atoms with Crippen LogP contribution in [-0.2, 0) is 4.79 Å². The molecule has 0 aliphatic rings. The van der Waals surface area contributed by atoms with Gasteiger partial charge in [-0.25, -0.2) is 8.78 Å². The molecule has 0 spiro atoms. The predicted molar refractivity (Wildman–Crippen MR) is 43.6 cm³/mol. The van der Waals surface area contributed by atoms with Crippen molar-refractivity contribution in [2.24, 2.45) is 0 Å².